The first-order valence-corrected chi connectivity index (χ1v) is 4.15. The second-order valence-electron chi connectivity index (χ2n) is 3.59. The fourth-order valence-electron chi connectivity index (χ4n) is 1.94. The van der Waals surface area contributed by atoms with E-state index in [-0.39, 0.29) is 5.60 Å². The molecule has 0 bridgehead atoms. The Kier molecular flexibility index (Phi) is 1.60. The van der Waals surface area contributed by atoms with E-state index in [1.54, 1.807) is 6.40 Å². The van der Waals surface area contributed by atoms with E-state index in [1.165, 1.54) is 13.0 Å². The van der Waals surface area contributed by atoms with Crippen molar-refractivity contribution >= 4 is 6.40 Å². The first kappa shape index (κ1) is 7.10. The molecule has 0 aromatic heterocycles. The predicted molar refractivity (Wildman–Crippen MR) is 43.9 cm³/mol. The Morgan fingerprint density at radius 3 is 3.18 bits per heavy atom. The highest BCUT2D eigenvalue weighted by molar-refractivity contribution is 5.50. The molecule has 1 spiro atoms. The minimum absolute atomic E-state index is 0.0486. The van der Waals surface area contributed by atoms with Crippen LogP contribution in [0.3, 0.4) is 0 Å². The molecule has 3 nitrogen and oxygen atoms in total. The number of nitrogens with zero attached hydrogens (tertiary/aromatic N) is 2. The summed E-state index contributed by atoms with van der Waals surface area (Å²) in [4.78, 5) is 6.44. The van der Waals surface area contributed by atoms with Gasteiger partial charge in [0.15, 0.2) is 6.40 Å². The van der Waals surface area contributed by atoms with Gasteiger partial charge in [0.1, 0.15) is 5.60 Å². The van der Waals surface area contributed by atoms with Crippen molar-refractivity contribution in [3.05, 3.63) is 0 Å². The number of likely N-dealkylation sites (tertiary alicyclic amines) is 1. The monoisotopic (exact) mass is 154 g/mol. The predicted octanol–water partition coefficient (Wildman–Crippen LogP) is 0.509. The Hall–Kier alpha value is -0.570. The van der Waals surface area contributed by atoms with Crippen LogP contribution in [-0.2, 0) is 4.74 Å². The molecule has 11 heavy (non-hydrogen) atoms. The summed E-state index contributed by atoms with van der Waals surface area (Å²) in [5.74, 6) is 0. The molecule has 2 aliphatic heterocycles. The number of aliphatic imine (C=N–C) groups is 1. The molecular weight excluding hydrogens is 140 g/mol. The zero-order valence-electron chi connectivity index (χ0n) is 6.92. The van der Waals surface area contributed by atoms with Gasteiger partial charge in [-0.15, -0.1) is 0 Å². The molecule has 1 atom stereocenters. The number of rotatable bonds is 0. The molecule has 0 amide bonds. The molecule has 0 radical (unpaired) electrons. The summed E-state index contributed by atoms with van der Waals surface area (Å²) in [7, 11) is 2.14. The molecule has 1 unspecified atom stereocenters. The molecule has 2 rings (SSSR count). The molecular formula is C8H14N2O. The van der Waals surface area contributed by atoms with Crippen molar-refractivity contribution in [3.63, 3.8) is 0 Å². The molecule has 0 aromatic carbocycles. The van der Waals surface area contributed by atoms with Gasteiger partial charge in [-0.2, -0.15) is 0 Å². The maximum atomic E-state index is 5.52. The molecule has 0 aromatic rings. The van der Waals surface area contributed by atoms with E-state index in [1.807, 2.05) is 0 Å². The highest BCUT2D eigenvalue weighted by atomic mass is 16.5. The zero-order valence-corrected chi connectivity index (χ0v) is 6.92. The lowest BCUT2D eigenvalue weighted by molar-refractivity contribution is 0.0180. The number of hydrogen-bond acceptors (Lipinski definition) is 3. The summed E-state index contributed by atoms with van der Waals surface area (Å²) >= 11 is 0. The lowest BCUT2D eigenvalue weighted by Crippen LogP contribution is -2.48. The first-order chi connectivity index (χ1) is 5.31. The van der Waals surface area contributed by atoms with Crippen molar-refractivity contribution in [3.8, 4) is 0 Å². The fourth-order valence-corrected chi connectivity index (χ4v) is 1.94. The van der Waals surface area contributed by atoms with Crippen molar-refractivity contribution in [1.82, 2.24) is 4.90 Å². The maximum Gasteiger partial charge on any atom is 0.170 e. The van der Waals surface area contributed by atoms with E-state index >= 15 is 0 Å². The van der Waals surface area contributed by atoms with Crippen LogP contribution in [0.2, 0.25) is 0 Å². The smallest absolute Gasteiger partial charge is 0.170 e. The Balaban J connectivity index is 2.02. The van der Waals surface area contributed by atoms with Gasteiger partial charge in [-0.25, -0.2) is 0 Å². The van der Waals surface area contributed by atoms with Gasteiger partial charge in [0.05, 0.1) is 6.54 Å². The molecule has 0 N–H and O–H groups in total. The SMILES string of the molecule is CN1CCCC2(CN=CO2)C1. The van der Waals surface area contributed by atoms with Crippen LogP contribution in [0.15, 0.2) is 4.99 Å². The number of likely N-dealkylation sites (N-methyl/N-ethyl adjacent to an activating group) is 1. The Bertz CT molecular complexity index is 171. The molecule has 2 heterocycles. The molecule has 0 saturated carbocycles. The number of ether oxygens (including phenoxy) is 1. The normalized spacial score (nSPS) is 37.9. The lowest BCUT2D eigenvalue weighted by atomic mass is 9.93. The molecule has 0 aliphatic carbocycles. The Morgan fingerprint density at radius 1 is 1.64 bits per heavy atom. The van der Waals surface area contributed by atoms with E-state index in [9.17, 15) is 0 Å². The van der Waals surface area contributed by atoms with Gasteiger partial charge in [0.2, 0.25) is 0 Å². The summed E-state index contributed by atoms with van der Waals surface area (Å²) in [6, 6.07) is 0. The van der Waals surface area contributed by atoms with Gasteiger partial charge in [-0.1, -0.05) is 0 Å². The average molecular weight is 154 g/mol. The lowest BCUT2D eigenvalue weighted by Gasteiger charge is -2.36. The number of piperidine rings is 1. The first-order valence-electron chi connectivity index (χ1n) is 4.15. The molecule has 3 heteroatoms. The molecule has 2 aliphatic rings. The number of hydrogen-bond donors (Lipinski definition) is 0. The molecule has 62 valence electrons. The van der Waals surface area contributed by atoms with Gasteiger partial charge in [-0.05, 0) is 26.4 Å². The van der Waals surface area contributed by atoms with Crippen LogP contribution >= 0.6 is 0 Å². The van der Waals surface area contributed by atoms with Crippen molar-refractivity contribution in [2.45, 2.75) is 18.4 Å². The van der Waals surface area contributed by atoms with E-state index in [4.69, 9.17) is 4.74 Å². The van der Waals surface area contributed by atoms with Crippen molar-refractivity contribution in [2.24, 2.45) is 4.99 Å². The fraction of sp³-hybridized carbons (Fsp3) is 0.875. The van der Waals surface area contributed by atoms with Gasteiger partial charge < -0.3 is 9.64 Å². The topological polar surface area (TPSA) is 24.8 Å². The second-order valence-corrected chi connectivity index (χ2v) is 3.59. The van der Waals surface area contributed by atoms with Crippen LogP contribution in [0.5, 0.6) is 0 Å². The highest BCUT2D eigenvalue weighted by Crippen LogP contribution is 2.26. The third-order valence-electron chi connectivity index (χ3n) is 2.49. The van der Waals surface area contributed by atoms with Crippen LogP contribution in [-0.4, -0.2) is 43.6 Å². The summed E-state index contributed by atoms with van der Waals surface area (Å²) in [5, 5.41) is 0. The van der Waals surface area contributed by atoms with Gasteiger partial charge in [0.25, 0.3) is 0 Å². The van der Waals surface area contributed by atoms with Crippen molar-refractivity contribution < 1.29 is 4.74 Å². The maximum absolute atomic E-state index is 5.52. The van der Waals surface area contributed by atoms with Crippen molar-refractivity contribution in [1.29, 1.82) is 0 Å². The average Bonchev–Trinajstić information content (AvgIpc) is 2.37. The zero-order chi connectivity index (χ0) is 7.73. The van der Waals surface area contributed by atoms with E-state index in [0.717, 1.165) is 19.5 Å². The molecule has 1 fully saturated rings. The summed E-state index contributed by atoms with van der Waals surface area (Å²) in [5.41, 5.74) is 0.0486. The summed E-state index contributed by atoms with van der Waals surface area (Å²) in [6.07, 6.45) is 4.01. The summed E-state index contributed by atoms with van der Waals surface area (Å²) in [6.45, 7) is 3.09. The minimum Gasteiger partial charge on any atom is -0.474 e. The molecule has 1 saturated heterocycles. The minimum atomic E-state index is 0.0486. The van der Waals surface area contributed by atoms with Crippen LogP contribution in [0, 0.1) is 0 Å². The summed E-state index contributed by atoms with van der Waals surface area (Å²) < 4.78 is 5.52. The van der Waals surface area contributed by atoms with Crippen LogP contribution in [0.1, 0.15) is 12.8 Å². The van der Waals surface area contributed by atoms with E-state index in [0.29, 0.717) is 0 Å². The third-order valence-corrected chi connectivity index (χ3v) is 2.49. The Labute approximate surface area is 67.1 Å². The van der Waals surface area contributed by atoms with Crippen LogP contribution in [0.25, 0.3) is 0 Å². The van der Waals surface area contributed by atoms with Gasteiger partial charge >= 0.3 is 0 Å². The van der Waals surface area contributed by atoms with Crippen LogP contribution in [0.4, 0.5) is 0 Å². The highest BCUT2D eigenvalue weighted by Gasteiger charge is 2.37. The standard InChI is InChI=1S/C8H14N2O/c1-10-4-2-3-8(6-10)5-9-7-11-8/h7H,2-6H2,1H3. The van der Waals surface area contributed by atoms with Gasteiger partial charge in [-0.3, -0.25) is 4.99 Å². The third kappa shape index (κ3) is 1.25. The second kappa shape index (κ2) is 2.48. The van der Waals surface area contributed by atoms with Crippen LogP contribution < -0.4 is 0 Å². The van der Waals surface area contributed by atoms with Gasteiger partial charge in [0, 0.05) is 6.54 Å². The largest absolute Gasteiger partial charge is 0.474 e. The van der Waals surface area contributed by atoms with Crippen molar-refractivity contribution in [2.75, 3.05) is 26.7 Å². The van der Waals surface area contributed by atoms with E-state index < -0.39 is 0 Å². The quantitative estimate of drug-likeness (QED) is 0.508. The van der Waals surface area contributed by atoms with E-state index in [2.05, 4.69) is 16.9 Å². The Morgan fingerprint density at radius 2 is 2.55 bits per heavy atom.